The topological polar surface area (TPSA) is 81.6 Å². The highest BCUT2D eigenvalue weighted by molar-refractivity contribution is 6.30. The molecule has 3 aromatic rings. The third kappa shape index (κ3) is 4.43. The van der Waals surface area contributed by atoms with Crippen molar-refractivity contribution in [3.63, 3.8) is 0 Å². The molecule has 0 radical (unpaired) electrons. The second-order valence-corrected chi connectivity index (χ2v) is 6.32. The number of halogens is 1. The lowest BCUT2D eigenvalue weighted by Gasteiger charge is -2.05. The van der Waals surface area contributed by atoms with Gasteiger partial charge in [-0.15, -0.1) is 0 Å². The van der Waals surface area contributed by atoms with Gasteiger partial charge in [-0.1, -0.05) is 42.8 Å². The van der Waals surface area contributed by atoms with Crippen LogP contribution in [-0.2, 0) is 11.2 Å². The number of amides is 1. The molecule has 2 N–H and O–H groups in total. The smallest absolute Gasteiger partial charge is 0.266 e. The molecule has 0 bridgehead atoms. The summed E-state index contributed by atoms with van der Waals surface area (Å²) in [6.45, 7) is 2.10. The number of carbonyl (C=O) groups is 1. The third-order valence-electron chi connectivity index (χ3n) is 4.09. The molecule has 0 aliphatic heterocycles. The van der Waals surface area contributed by atoms with E-state index in [1.807, 2.05) is 30.3 Å². The molecule has 0 aliphatic carbocycles. The van der Waals surface area contributed by atoms with E-state index in [9.17, 15) is 10.1 Å². The molecule has 0 unspecified atom stereocenters. The maximum Gasteiger partial charge on any atom is 0.266 e. The second kappa shape index (κ2) is 8.35. The molecule has 0 spiro atoms. The number of aryl methyl sites for hydroxylation is 1. The molecule has 1 amide bonds. The Hall–Kier alpha value is -3.36. The predicted octanol–water partition coefficient (Wildman–Crippen LogP) is 4.84. The summed E-state index contributed by atoms with van der Waals surface area (Å²) in [5, 5.41) is 19.7. The Labute approximate surface area is 162 Å². The number of nitrogens with one attached hydrogen (secondary N) is 2. The number of aromatic amines is 1. The average Bonchev–Trinajstić information content (AvgIpc) is 3.16. The fourth-order valence-corrected chi connectivity index (χ4v) is 2.70. The van der Waals surface area contributed by atoms with E-state index < -0.39 is 5.91 Å². The lowest BCUT2D eigenvalue weighted by Crippen LogP contribution is -2.13. The Morgan fingerprint density at radius 2 is 1.93 bits per heavy atom. The monoisotopic (exact) mass is 376 g/mol. The van der Waals surface area contributed by atoms with Gasteiger partial charge in [-0.25, -0.2) is 0 Å². The normalized spacial score (nSPS) is 11.1. The van der Waals surface area contributed by atoms with Gasteiger partial charge in [0.15, 0.2) is 0 Å². The SMILES string of the molecule is CCc1ccc(-c2[nH]ncc2C=C(C#N)C(=O)Nc2ccc(Cl)cc2)cc1. The summed E-state index contributed by atoms with van der Waals surface area (Å²) in [6.07, 6.45) is 4.08. The van der Waals surface area contributed by atoms with Gasteiger partial charge in [0, 0.05) is 21.8 Å². The minimum atomic E-state index is -0.492. The molecular weight excluding hydrogens is 360 g/mol. The van der Waals surface area contributed by atoms with Crippen molar-refractivity contribution in [3.8, 4) is 17.3 Å². The summed E-state index contributed by atoms with van der Waals surface area (Å²) >= 11 is 5.84. The van der Waals surface area contributed by atoms with Crippen molar-refractivity contribution in [2.75, 3.05) is 5.32 Å². The van der Waals surface area contributed by atoms with Crippen molar-refractivity contribution < 1.29 is 4.79 Å². The molecule has 0 saturated carbocycles. The van der Waals surface area contributed by atoms with Crippen LogP contribution >= 0.6 is 11.6 Å². The van der Waals surface area contributed by atoms with Crippen molar-refractivity contribution in [2.45, 2.75) is 13.3 Å². The molecule has 27 heavy (non-hydrogen) atoms. The number of hydrogen-bond acceptors (Lipinski definition) is 3. The number of benzene rings is 2. The van der Waals surface area contributed by atoms with Gasteiger partial charge in [0.25, 0.3) is 5.91 Å². The number of carbonyl (C=O) groups excluding carboxylic acids is 1. The lowest BCUT2D eigenvalue weighted by molar-refractivity contribution is -0.112. The van der Waals surface area contributed by atoms with Crippen LogP contribution < -0.4 is 5.32 Å². The summed E-state index contributed by atoms with van der Waals surface area (Å²) in [6, 6.07) is 16.7. The molecule has 6 heteroatoms. The van der Waals surface area contributed by atoms with Gasteiger partial charge < -0.3 is 5.32 Å². The molecule has 134 valence electrons. The van der Waals surface area contributed by atoms with Crippen molar-refractivity contribution in [2.24, 2.45) is 0 Å². The Kier molecular flexibility index (Phi) is 5.70. The highest BCUT2D eigenvalue weighted by atomic mass is 35.5. The van der Waals surface area contributed by atoms with Crippen LogP contribution in [0.5, 0.6) is 0 Å². The molecule has 1 heterocycles. The zero-order valence-corrected chi connectivity index (χ0v) is 15.4. The van der Waals surface area contributed by atoms with E-state index in [0.717, 1.165) is 17.7 Å². The average molecular weight is 377 g/mol. The van der Waals surface area contributed by atoms with Crippen LogP contribution in [0.2, 0.25) is 5.02 Å². The molecule has 0 aliphatic rings. The van der Waals surface area contributed by atoms with Crippen LogP contribution in [0, 0.1) is 11.3 Å². The zero-order valence-electron chi connectivity index (χ0n) is 14.7. The van der Waals surface area contributed by atoms with Crippen LogP contribution in [0.25, 0.3) is 17.3 Å². The first-order valence-corrected chi connectivity index (χ1v) is 8.80. The van der Waals surface area contributed by atoms with E-state index in [-0.39, 0.29) is 5.57 Å². The van der Waals surface area contributed by atoms with Crippen LogP contribution in [-0.4, -0.2) is 16.1 Å². The van der Waals surface area contributed by atoms with E-state index in [1.54, 1.807) is 30.5 Å². The van der Waals surface area contributed by atoms with Crippen molar-refractivity contribution in [3.05, 3.63) is 76.5 Å². The maximum atomic E-state index is 12.4. The van der Waals surface area contributed by atoms with Gasteiger partial charge in [0.05, 0.1) is 11.9 Å². The Morgan fingerprint density at radius 1 is 1.22 bits per heavy atom. The molecule has 0 saturated heterocycles. The number of nitrogens with zero attached hydrogens (tertiary/aromatic N) is 2. The van der Waals surface area contributed by atoms with Crippen molar-refractivity contribution in [1.82, 2.24) is 10.2 Å². The number of aromatic nitrogens is 2. The first kappa shape index (κ1) is 18.4. The van der Waals surface area contributed by atoms with E-state index in [1.165, 1.54) is 11.6 Å². The van der Waals surface area contributed by atoms with E-state index in [2.05, 4.69) is 22.4 Å². The van der Waals surface area contributed by atoms with Gasteiger partial charge >= 0.3 is 0 Å². The van der Waals surface area contributed by atoms with Crippen LogP contribution in [0.1, 0.15) is 18.1 Å². The number of anilines is 1. The molecule has 0 atom stereocenters. The standard InChI is InChI=1S/C21H17ClN4O/c1-2-14-3-5-15(6-4-14)20-17(13-24-26-20)11-16(12-23)21(27)25-19-9-7-18(22)8-10-19/h3-11,13H,2H2,1H3,(H,24,26)(H,25,27). The fourth-order valence-electron chi connectivity index (χ4n) is 2.58. The van der Waals surface area contributed by atoms with Gasteiger partial charge in [-0.05, 0) is 42.3 Å². The quantitative estimate of drug-likeness (QED) is 0.494. The van der Waals surface area contributed by atoms with Crippen LogP contribution in [0.15, 0.2) is 60.3 Å². The summed E-state index contributed by atoms with van der Waals surface area (Å²) in [4.78, 5) is 12.4. The lowest BCUT2D eigenvalue weighted by atomic mass is 10.0. The Bertz CT molecular complexity index is 1010. The first-order chi connectivity index (χ1) is 13.1. The molecule has 3 rings (SSSR count). The van der Waals surface area contributed by atoms with Gasteiger partial charge in [-0.2, -0.15) is 10.4 Å². The van der Waals surface area contributed by atoms with E-state index in [0.29, 0.717) is 16.3 Å². The Balaban J connectivity index is 1.85. The summed E-state index contributed by atoms with van der Waals surface area (Å²) < 4.78 is 0. The van der Waals surface area contributed by atoms with Gasteiger partial charge in [0.2, 0.25) is 0 Å². The van der Waals surface area contributed by atoms with Gasteiger partial charge in [-0.3, -0.25) is 9.89 Å². The number of H-pyrrole nitrogens is 1. The molecular formula is C21H17ClN4O. The van der Waals surface area contributed by atoms with Crippen LogP contribution in [0.4, 0.5) is 5.69 Å². The molecule has 5 nitrogen and oxygen atoms in total. The molecule has 1 aromatic heterocycles. The van der Waals surface area contributed by atoms with Crippen molar-refractivity contribution >= 4 is 29.3 Å². The zero-order chi connectivity index (χ0) is 19.2. The molecule has 2 aromatic carbocycles. The van der Waals surface area contributed by atoms with Crippen LogP contribution in [0.3, 0.4) is 0 Å². The largest absolute Gasteiger partial charge is 0.321 e. The minimum Gasteiger partial charge on any atom is -0.321 e. The summed E-state index contributed by atoms with van der Waals surface area (Å²) in [7, 11) is 0. The minimum absolute atomic E-state index is 0.0159. The predicted molar refractivity (Wildman–Crippen MR) is 107 cm³/mol. The number of rotatable bonds is 5. The number of hydrogen-bond donors (Lipinski definition) is 2. The summed E-state index contributed by atoms with van der Waals surface area (Å²) in [5.74, 6) is -0.492. The summed E-state index contributed by atoms with van der Waals surface area (Å²) in [5.41, 5.74) is 4.14. The number of nitriles is 1. The second-order valence-electron chi connectivity index (χ2n) is 5.88. The van der Waals surface area contributed by atoms with E-state index in [4.69, 9.17) is 11.6 Å². The van der Waals surface area contributed by atoms with Crippen molar-refractivity contribution in [1.29, 1.82) is 5.26 Å². The highest BCUT2D eigenvalue weighted by Gasteiger charge is 2.13. The highest BCUT2D eigenvalue weighted by Crippen LogP contribution is 2.24. The first-order valence-electron chi connectivity index (χ1n) is 8.42. The fraction of sp³-hybridized carbons (Fsp3) is 0.0952. The molecule has 0 fully saturated rings. The Morgan fingerprint density at radius 3 is 2.56 bits per heavy atom. The maximum absolute atomic E-state index is 12.4. The third-order valence-corrected chi connectivity index (χ3v) is 4.34. The van der Waals surface area contributed by atoms with E-state index >= 15 is 0 Å². The van der Waals surface area contributed by atoms with Gasteiger partial charge in [0.1, 0.15) is 11.6 Å².